The summed E-state index contributed by atoms with van der Waals surface area (Å²) in [5, 5.41) is 20.5. The number of aliphatic carboxylic acids is 1. The van der Waals surface area contributed by atoms with Crippen LogP contribution in [0.3, 0.4) is 0 Å². The van der Waals surface area contributed by atoms with Crippen LogP contribution >= 0.6 is 0 Å². The van der Waals surface area contributed by atoms with Crippen LogP contribution in [-0.2, 0) is 11.2 Å². The molecule has 0 aliphatic heterocycles. The molecule has 0 radical (unpaired) electrons. The predicted octanol–water partition coefficient (Wildman–Crippen LogP) is 1.54. The van der Waals surface area contributed by atoms with Crippen LogP contribution in [0.5, 0.6) is 0 Å². The molecule has 1 heterocycles. The molecule has 6 nitrogen and oxygen atoms in total. The minimum atomic E-state index is -0.879. The Balaban J connectivity index is 2.94. The first-order chi connectivity index (χ1) is 7.91. The lowest BCUT2D eigenvalue weighted by Gasteiger charge is -2.16. The molecule has 0 aliphatic rings. The Hall–Kier alpha value is -1.46. The van der Waals surface area contributed by atoms with E-state index in [0.29, 0.717) is 24.6 Å². The summed E-state index contributed by atoms with van der Waals surface area (Å²) < 4.78 is 1.45. The zero-order chi connectivity index (χ0) is 13.0. The molecule has 6 heteroatoms. The van der Waals surface area contributed by atoms with Gasteiger partial charge in [-0.2, -0.15) is 0 Å². The number of hydrogen-bond acceptors (Lipinski definition) is 4. The molecule has 0 aliphatic carbocycles. The molecule has 1 unspecified atom stereocenters. The second-order valence-corrected chi connectivity index (χ2v) is 5.12. The Labute approximate surface area is 101 Å². The Morgan fingerprint density at radius 2 is 1.94 bits per heavy atom. The van der Waals surface area contributed by atoms with Crippen molar-refractivity contribution < 1.29 is 9.90 Å². The third kappa shape index (κ3) is 3.80. The van der Waals surface area contributed by atoms with Crippen molar-refractivity contribution in [3.63, 3.8) is 0 Å². The molecule has 96 valence electrons. The number of nitrogens with zero attached hydrogens (tertiary/aromatic N) is 4. The van der Waals surface area contributed by atoms with Crippen molar-refractivity contribution in [2.24, 2.45) is 11.8 Å². The van der Waals surface area contributed by atoms with Gasteiger partial charge in [0, 0.05) is 6.42 Å². The summed E-state index contributed by atoms with van der Waals surface area (Å²) in [7, 11) is 0. The molecule has 0 fully saturated rings. The van der Waals surface area contributed by atoms with Gasteiger partial charge >= 0.3 is 5.97 Å². The second kappa shape index (κ2) is 5.75. The van der Waals surface area contributed by atoms with E-state index in [-0.39, 0.29) is 5.92 Å². The topological polar surface area (TPSA) is 80.9 Å². The fourth-order valence-corrected chi connectivity index (χ4v) is 1.71. The molecule has 0 saturated heterocycles. The lowest BCUT2D eigenvalue weighted by Crippen LogP contribution is -2.24. The van der Waals surface area contributed by atoms with E-state index in [9.17, 15) is 9.90 Å². The lowest BCUT2D eigenvalue weighted by molar-refractivity contribution is -0.141. The van der Waals surface area contributed by atoms with Crippen molar-refractivity contribution >= 4 is 5.97 Å². The Bertz CT molecular complexity index is 373. The highest BCUT2D eigenvalue weighted by Gasteiger charge is 2.25. The molecule has 0 amide bonds. The zero-order valence-corrected chi connectivity index (χ0v) is 10.8. The summed E-state index contributed by atoms with van der Waals surface area (Å²) in [5.41, 5.74) is 0. The van der Waals surface area contributed by atoms with Gasteiger partial charge in [0.25, 0.3) is 0 Å². The third-order valence-electron chi connectivity index (χ3n) is 2.43. The summed E-state index contributed by atoms with van der Waals surface area (Å²) in [6.07, 6.45) is 1.22. The van der Waals surface area contributed by atoms with Crippen molar-refractivity contribution in [1.29, 1.82) is 0 Å². The minimum Gasteiger partial charge on any atom is -0.480 e. The first kappa shape index (κ1) is 13.6. The maximum atomic E-state index is 11.3. The van der Waals surface area contributed by atoms with E-state index in [1.165, 1.54) is 4.68 Å². The van der Waals surface area contributed by atoms with Crippen LogP contribution in [0.25, 0.3) is 0 Å². The maximum absolute atomic E-state index is 11.3. The second-order valence-electron chi connectivity index (χ2n) is 5.12. The summed E-state index contributed by atoms with van der Waals surface area (Å²) in [6.45, 7) is 8.08. The third-order valence-corrected chi connectivity index (χ3v) is 2.43. The molecule has 0 aromatic carbocycles. The highest BCUT2D eigenvalue weighted by atomic mass is 16.4. The van der Waals surface area contributed by atoms with Gasteiger partial charge in [0.15, 0.2) is 11.9 Å². The number of carboxylic acid groups (broad SMARTS) is 1. The molecule has 0 saturated carbocycles. The summed E-state index contributed by atoms with van der Waals surface area (Å²) >= 11 is 0. The van der Waals surface area contributed by atoms with E-state index in [4.69, 9.17) is 0 Å². The van der Waals surface area contributed by atoms with Gasteiger partial charge in [-0.15, -0.1) is 5.10 Å². The largest absolute Gasteiger partial charge is 0.480 e. The molecule has 1 N–H and O–H groups in total. The highest BCUT2D eigenvalue weighted by Crippen LogP contribution is 2.19. The fraction of sp³-hybridized carbons (Fsp3) is 0.818. The minimum absolute atomic E-state index is 0.284. The van der Waals surface area contributed by atoms with Gasteiger partial charge in [0.05, 0.1) is 0 Å². The molecular weight excluding hydrogens is 220 g/mol. The zero-order valence-electron chi connectivity index (χ0n) is 10.8. The Morgan fingerprint density at radius 3 is 2.41 bits per heavy atom. The number of tetrazole rings is 1. The molecule has 0 bridgehead atoms. The predicted molar refractivity (Wildman–Crippen MR) is 62.5 cm³/mol. The average Bonchev–Trinajstić information content (AvgIpc) is 2.60. The maximum Gasteiger partial charge on any atom is 0.328 e. The van der Waals surface area contributed by atoms with Crippen LogP contribution in [0.2, 0.25) is 0 Å². The number of rotatable bonds is 6. The van der Waals surface area contributed by atoms with Crippen LogP contribution < -0.4 is 0 Å². The monoisotopic (exact) mass is 240 g/mol. The van der Waals surface area contributed by atoms with Crippen molar-refractivity contribution in [2.75, 3.05) is 0 Å². The van der Waals surface area contributed by atoms with Crippen molar-refractivity contribution in [1.82, 2.24) is 20.2 Å². The van der Waals surface area contributed by atoms with Gasteiger partial charge in [0.1, 0.15) is 0 Å². The molecule has 1 rings (SSSR count). The highest BCUT2D eigenvalue weighted by molar-refractivity contribution is 5.71. The number of hydrogen-bond donors (Lipinski definition) is 1. The average molecular weight is 240 g/mol. The van der Waals surface area contributed by atoms with Gasteiger partial charge in [0.2, 0.25) is 0 Å². The molecule has 0 spiro atoms. The first-order valence-electron chi connectivity index (χ1n) is 5.91. The molecule has 1 aromatic heterocycles. The normalized spacial score (nSPS) is 13.3. The number of carboxylic acids is 1. The summed E-state index contributed by atoms with van der Waals surface area (Å²) in [6, 6.07) is -0.668. The van der Waals surface area contributed by atoms with Crippen LogP contribution in [0.4, 0.5) is 0 Å². The van der Waals surface area contributed by atoms with Gasteiger partial charge in [-0.1, -0.05) is 27.7 Å². The molecular formula is C11H20N4O2. The number of carbonyl (C=O) groups is 1. The number of aromatic nitrogens is 4. The fourth-order valence-electron chi connectivity index (χ4n) is 1.71. The smallest absolute Gasteiger partial charge is 0.328 e. The van der Waals surface area contributed by atoms with Crippen LogP contribution in [-0.4, -0.2) is 31.3 Å². The van der Waals surface area contributed by atoms with Crippen LogP contribution in [0, 0.1) is 11.8 Å². The molecule has 1 aromatic rings. The Morgan fingerprint density at radius 1 is 1.29 bits per heavy atom. The van der Waals surface area contributed by atoms with E-state index >= 15 is 0 Å². The molecule has 1 atom stereocenters. The van der Waals surface area contributed by atoms with Crippen LogP contribution in [0.15, 0.2) is 0 Å². The van der Waals surface area contributed by atoms with Crippen molar-refractivity contribution in [3.05, 3.63) is 5.82 Å². The van der Waals surface area contributed by atoms with E-state index in [0.717, 1.165) is 0 Å². The van der Waals surface area contributed by atoms with Crippen molar-refractivity contribution in [3.8, 4) is 0 Å². The van der Waals surface area contributed by atoms with Gasteiger partial charge in [-0.05, 0) is 28.7 Å². The van der Waals surface area contributed by atoms with E-state index in [1.54, 1.807) is 0 Å². The van der Waals surface area contributed by atoms with E-state index in [1.807, 2.05) is 13.8 Å². The van der Waals surface area contributed by atoms with Gasteiger partial charge in [-0.25, -0.2) is 9.48 Å². The van der Waals surface area contributed by atoms with Gasteiger partial charge < -0.3 is 5.11 Å². The summed E-state index contributed by atoms with van der Waals surface area (Å²) in [4.78, 5) is 11.3. The summed E-state index contributed by atoms with van der Waals surface area (Å²) in [5.74, 6) is 0.449. The molecule has 17 heavy (non-hydrogen) atoms. The Kier molecular flexibility index (Phi) is 4.60. The first-order valence-corrected chi connectivity index (χ1v) is 5.91. The van der Waals surface area contributed by atoms with E-state index in [2.05, 4.69) is 29.4 Å². The SMILES string of the molecule is CC(C)Cc1nnnn1C(CC(C)C)C(=O)O. The standard InChI is InChI=1S/C11H20N4O2/c1-7(2)5-9(11(16)17)15-10(6-8(3)4)12-13-14-15/h7-9H,5-6H2,1-4H3,(H,16,17). The van der Waals surface area contributed by atoms with Gasteiger partial charge in [-0.3, -0.25) is 0 Å². The van der Waals surface area contributed by atoms with E-state index < -0.39 is 12.0 Å². The van der Waals surface area contributed by atoms with Crippen LogP contribution in [0.1, 0.15) is 46.0 Å². The van der Waals surface area contributed by atoms with Crippen molar-refractivity contribution in [2.45, 2.75) is 46.6 Å². The lowest BCUT2D eigenvalue weighted by atomic mass is 10.0. The quantitative estimate of drug-likeness (QED) is 0.815.